The van der Waals surface area contributed by atoms with E-state index in [4.69, 9.17) is 10.6 Å². The van der Waals surface area contributed by atoms with Crippen molar-refractivity contribution in [2.24, 2.45) is 10.3 Å². The normalized spacial score (nSPS) is 21.2. The smallest absolute Gasteiger partial charge is 0.352 e. The Morgan fingerprint density at radius 3 is 2.64 bits per heavy atom. The summed E-state index contributed by atoms with van der Waals surface area (Å²) < 4.78 is 0. The average Bonchev–Trinajstić information content (AvgIpc) is 3.30. The van der Waals surface area contributed by atoms with Crippen LogP contribution in [0.2, 0.25) is 0 Å². The number of nitrogen functional groups attached to an aromatic ring is 1. The standard InChI is InChI=1S/C20H19N7O7S2/c1-34-25-12(11-8-36-20(21)22-11)16(29)23-13-17(30)27-14(19(31)32)10(7-35-18(13)27)6-26-4-2-9(3-5-26)15(28)24-33/h2-5,8,13,18,28H,6-7H2,1H3,(H2,21,22)(H,23,29)(H,31,32)/p+1/t13-,18-/m1/s1. The highest BCUT2D eigenvalue weighted by Crippen LogP contribution is 2.40. The van der Waals surface area contributed by atoms with Gasteiger partial charge in [-0.1, -0.05) is 16.5 Å². The summed E-state index contributed by atoms with van der Waals surface area (Å²) in [4.78, 5) is 58.7. The van der Waals surface area contributed by atoms with Crippen LogP contribution in [0.25, 0.3) is 0 Å². The first-order valence-electron chi connectivity index (χ1n) is 10.2. The van der Waals surface area contributed by atoms with Gasteiger partial charge in [-0.25, -0.2) is 9.78 Å². The number of amides is 2. The molecule has 6 N–H and O–H groups in total. The van der Waals surface area contributed by atoms with E-state index in [1.165, 1.54) is 31.0 Å². The van der Waals surface area contributed by atoms with Gasteiger partial charge in [-0.05, 0) is 17.7 Å². The minimum Gasteiger partial charge on any atom is -0.491 e. The first-order valence-corrected chi connectivity index (χ1v) is 12.2. The molecule has 1 aromatic heterocycles. The van der Waals surface area contributed by atoms with E-state index in [0.717, 1.165) is 16.2 Å². The number of nitrogens with one attached hydrogen (secondary N) is 2. The summed E-state index contributed by atoms with van der Waals surface area (Å²) in [6, 6.07) is -0.960. The predicted molar refractivity (Wildman–Crippen MR) is 129 cm³/mol. The number of aliphatic carboxylic acids is 1. The number of nitrogens with zero attached hydrogens (tertiary/aromatic N) is 4. The van der Waals surface area contributed by atoms with Crippen LogP contribution in [0.1, 0.15) is 5.69 Å². The number of β-lactam (4-membered cyclic amide) rings is 1. The van der Waals surface area contributed by atoms with Crippen molar-refractivity contribution >= 4 is 51.7 Å². The van der Waals surface area contributed by atoms with Gasteiger partial charge in [-0.15, -0.1) is 16.7 Å². The molecule has 1 saturated heterocycles. The third-order valence-corrected chi connectivity index (χ3v) is 7.41. The Morgan fingerprint density at radius 2 is 2.06 bits per heavy atom. The number of hydrogen-bond acceptors (Lipinski definition) is 12. The van der Waals surface area contributed by atoms with Crippen molar-refractivity contribution in [3.8, 4) is 0 Å². The molecule has 36 heavy (non-hydrogen) atoms. The summed E-state index contributed by atoms with van der Waals surface area (Å²) in [6.07, 6.45) is 6.00. The van der Waals surface area contributed by atoms with Gasteiger partial charge in [0.15, 0.2) is 5.69 Å². The third-order valence-electron chi connectivity index (χ3n) is 5.36. The van der Waals surface area contributed by atoms with E-state index in [-0.39, 0.29) is 23.5 Å². The van der Waals surface area contributed by atoms with Crippen LogP contribution in [0, 0.1) is 4.91 Å². The van der Waals surface area contributed by atoms with Gasteiger partial charge in [0.1, 0.15) is 24.2 Å². The number of fused-ring (bicyclic) bond motifs is 1. The van der Waals surface area contributed by atoms with Crippen molar-refractivity contribution in [1.29, 1.82) is 0 Å². The average molecular weight is 535 g/mol. The molecule has 0 aromatic carbocycles. The highest BCUT2D eigenvalue weighted by molar-refractivity contribution is 8.00. The number of thioether (sulfide) groups is 1. The van der Waals surface area contributed by atoms with Crippen molar-refractivity contribution in [3.63, 3.8) is 0 Å². The Hall–Kier alpha value is -4.18. The topological polar surface area (TPSA) is 201 Å². The van der Waals surface area contributed by atoms with Gasteiger partial charge in [0.2, 0.25) is 5.71 Å². The van der Waals surface area contributed by atoms with E-state index in [1.807, 2.05) is 0 Å². The SMILES string of the molecule is CON=C(C(=O)N[C@@H]1C(=O)N2C(C(=O)O)=C(CN3C=CC(=C(O)N=O)C=C3)CS[C@H]12)c1csc(N)[nH+]1. The molecule has 0 aliphatic carbocycles. The lowest BCUT2D eigenvalue weighted by molar-refractivity contribution is -0.356. The molecule has 1 fully saturated rings. The first kappa shape index (κ1) is 24.9. The molecular weight excluding hydrogens is 514 g/mol. The summed E-state index contributed by atoms with van der Waals surface area (Å²) in [7, 11) is 1.27. The number of aliphatic hydroxyl groups is 1. The second-order valence-corrected chi connectivity index (χ2v) is 9.57. The third kappa shape index (κ3) is 4.67. The number of carboxylic acids is 1. The Kier molecular flexibility index (Phi) is 7.07. The molecule has 3 aliphatic heterocycles. The fraction of sp³-hybridized carbons (Fsp3) is 0.250. The summed E-state index contributed by atoms with van der Waals surface area (Å²) >= 11 is 2.47. The number of carboxylic acid groups (broad SMARTS) is 1. The molecule has 14 nitrogen and oxygen atoms in total. The number of carbonyl (C=O) groups excluding carboxylic acids is 2. The fourth-order valence-corrected chi connectivity index (χ4v) is 5.65. The Labute approximate surface area is 211 Å². The maximum absolute atomic E-state index is 12.9. The van der Waals surface area contributed by atoms with Crippen LogP contribution in [0.15, 0.2) is 63.0 Å². The number of rotatable bonds is 8. The van der Waals surface area contributed by atoms with Crippen molar-refractivity contribution in [1.82, 2.24) is 15.1 Å². The van der Waals surface area contributed by atoms with Crippen molar-refractivity contribution in [2.75, 3.05) is 25.1 Å². The molecule has 16 heteroatoms. The van der Waals surface area contributed by atoms with Gasteiger partial charge < -0.3 is 25.3 Å². The van der Waals surface area contributed by atoms with Crippen LogP contribution in [0.3, 0.4) is 0 Å². The number of oxime groups is 1. The molecule has 2 atom stereocenters. The van der Waals surface area contributed by atoms with E-state index in [1.54, 1.807) is 22.7 Å². The largest absolute Gasteiger partial charge is 0.491 e. The van der Waals surface area contributed by atoms with Gasteiger partial charge in [-0.3, -0.25) is 20.2 Å². The first-order chi connectivity index (χ1) is 17.2. The monoisotopic (exact) mass is 534 g/mol. The van der Waals surface area contributed by atoms with Crippen molar-refractivity contribution < 1.29 is 34.4 Å². The maximum Gasteiger partial charge on any atom is 0.352 e. The highest BCUT2D eigenvalue weighted by atomic mass is 32.2. The molecule has 0 unspecified atom stereocenters. The van der Waals surface area contributed by atoms with Crippen LogP contribution in [0.5, 0.6) is 0 Å². The summed E-state index contributed by atoms with van der Waals surface area (Å²) in [5.41, 5.74) is 6.41. The minimum absolute atomic E-state index is 0.111. The lowest BCUT2D eigenvalue weighted by Gasteiger charge is -2.49. The van der Waals surface area contributed by atoms with E-state index >= 15 is 0 Å². The van der Waals surface area contributed by atoms with Gasteiger partial charge in [0, 0.05) is 40.8 Å². The maximum atomic E-state index is 12.9. The van der Waals surface area contributed by atoms with Crippen LogP contribution >= 0.6 is 23.1 Å². The van der Waals surface area contributed by atoms with Gasteiger partial charge >= 0.3 is 11.1 Å². The molecule has 2 amide bonds. The zero-order valence-corrected chi connectivity index (χ0v) is 20.2. The number of nitroso groups, excluding NO2 is 1. The molecule has 4 rings (SSSR count). The van der Waals surface area contributed by atoms with Crippen LogP contribution in [0.4, 0.5) is 5.13 Å². The number of thiazole rings is 1. The van der Waals surface area contributed by atoms with Crippen molar-refractivity contribution in [3.05, 3.63) is 63.3 Å². The predicted octanol–water partition coefficient (Wildman–Crippen LogP) is 0.113. The molecule has 188 valence electrons. The highest BCUT2D eigenvalue weighted by Gasteiger charge is 2.54. The Morgan fingerprint density at radius 1 is 1.33 bits per heavy atom. The van der Waals surface area contributed by atoms with E-state index in [0.29, 0.717) is 22.2 Å². The van der Waals surface area contributed by atoms with E-state index in [9.17, 15) is 29.5 Å². The van der Waals surface area contributed by atoms with Gasteiger partial charge in [-0.2, -0.15) is 0 Å². The zero-order valence-electron chi connectivity index (χ0n) is 18.6. The number of hydrogen-bond donors (Lipinski definition) is 4. The van der Waals surface area contributed by atoms with E-state index < -0.39 is 35.1 Å². The number of aromatic amines is 1. The number of aliphatic hydroxyl groups excluding tert-OH is 1. The Balaban J connectivity index is 1.49. The second-order valence-electron chi connectivity index (χ2n) is 7.55. The number of aromatic nitrogens is 1. The van der Waals surface area contributed by atoms with Gasteiger partial charge in [0.25, 0.3) is 17.7 Å². The van der Waals surface area contributed by atoms with E-state index in [2.05, 4.69) is 20.6 Å². The molecule has 0 spiro atoms. The molecular formula is C20H20N7O7S2+. The van der Waals surface area contributed by atoms with Gasteiger partial charge in [0.05, 0.1) is 0 Å². The number of anilines is 1. The lowest BCUT2D eigenvalue weighted by Crippen LogP contribution is -2.71. The molecule has 3 aliphatic rings. The second kappa shape index (κ2) is 10.2. The number of carbonyl (C=O) groups is 3. The zero-order chi connectivity index (χ0) is 26.0. The number of nitrogens with two attached hydrogens (primary N) is 1. The number of allylic oxidation sites excluding steroid dienone is 3. The fourth-order valence-electron chi connectivity index (χ4n) is 3.73. The van der Waals surface area contributed by atoms with Crippen LogP contribution in [-0.4, -0.2) is 74.3 Å². The molecule has 1 aromatic rings. The van der Waals surface area contributed by atoms with Crippen molar-refractivity contribution in [2.45, 2.75) is 11.4 Å². The van der Waals surface area contributed by atoms with Crippen LogP contribution < -0.4 is 16.0 Å². The van der Waals surface area contributed by atoms with Crippen LogP contribution in [-0.2, 0) is 19.2 Å². The minimum atomic E-state index is -1.27. The summed E-state index contributed by atoms with van der Waals surface area (Å²) in [5, 5.41) is 29.4. The number of H-pyrrole nitrogens is 1. The summed E-state index contributed by atoms with van der Waals surface area (Å²) in [5.74, 6) is -2.90. The quantitative estimate of drug-likeness (QED) is 0.117. The molecule has 0 bridgehead atoms. The summed E-state index contributed by atoms with van der Waals surface area (Å²) in [6.45, 7) is 0.151. The molecule has 0 radical (unpaired) electrons. The molecule has 0 saturated carbocycles. The molecule has 4 heterocycles. The Bertz CT molecular complexity index is 1270. The lowest BCUT2D eigenvalue weighted by atomic mass is 10.0.